The highest BCUT2D eigenvalue weighted by Gasteiger charge is 2.33. The first-order chi connectivity index (χ1) is 9.25. The van der Waals surface area contributed by atoms with E-state index in [1.807, 2.05) is 0 Å². The zero-order valence-corrected chi connectivity index (χ0v) is 11.7. The van der Waals surface area contributed by atoms with Gasteiger partial charge in [0.1, 0.15) is 5.78 Å². The fourth-order valence-electron chi connectivity index (χ4n) is 3.73. The van der Waals surface area contributed by atoms with Crippen molar-refractivity contribution in [3.8, 4) is 0 Å². The summed E-state index contributed by atoms with van der Waals surface area (Å²) in [7, 11) is 0. The second-order valence-corrected chi connectivity index (χ2v) is 6.25. The largest absolute Gasteiger partial charge is 0.312 e. The molecule has 19 heavy (non-hydrogen) atoms. The van der Waals surface area contributed by atoms with Crippen LogP contribution in [-0.2, 0) is 11.3 Å². The summed E-state index contributed by atoms with van der Waals surface area (Å²) in [6.45, 7) is 4.01. The van der Waals surface area contributed by atoms with Crippen LogP contribution in [0.3, 0.4) is 0 Å². The zero-order valence-electron chi connectivity index (χ0n) is 11.7. The Bertz CT molecular complexity index is 468. The number of hydrogen-bond acceptors (Lipinski definition) is 2. The molecule has 1 saturated carbocycles. The number of rotatable bonds is 2. The van der Waals surface area contributed by atoms with Gasteiger partial charge in [-0.2, -0.15) is 0 Å². The quantitative estimate of drug-likeness (QED) is 0.881. The van der Waals surface area contributed by atoms with E-state index in [2.05, 4.69) is 36.5 Å². The van der Waals surface area contributed by atoms with Crippen LogP contribution in [0, 0.1) is 11.8 Å². The molecule has 1 fully saturated rings. The van der Waals surface area contributed by atoms with E-state index >= 15 is 0 Å². The number of hydrogen-bond donors (Lipinski definition) is 1. The molecule has 2 nitrogen and oxygen atoms in total. The number of fused-ring (bicyclic) bond motifs is 1. The molecule has 102 valence electrons. The van der Waals surface area contributed by atoms with Gasteiger partial charge in [-0.1, -0.05) is 44.0 Å². The molecule has 1 N–H and O–H groups in total. The summed E-state index contributed by atoms with van der Waals surface area (Å²) in [6, 6.07) is 8.42. The maximum atomic E-state index is 12.8. The van der Waals surface area contributed by atoms with Crippen molar-refractivity contribution in [1.29, 1.82) is 0 Å². The van der Waals surface area contributed by atoms with Crippen molar-refractivity contribution in [3.05, 3.63) is 35.4 Å². The Hall–Kier alpha value is -1.15. The van der Waals surface area contributed by atoms with E-state index in [0.717, 1.165) is 31.8 Å². The van der Waals surface area contributed by atoms with Crippen molar-refractivity contribution in [2.24, 2.45) is 11.8 Å². The molecular weight excluding hydrogens is 234 g/mol. The molecular formula is C17H23NO. The van der Waals surface area contributed by atoms with E-state index in [-0.39, 0.29) is 5.92 Å². The lowest BCUT2D eigenvalue weighted by molar-refractivity contribution is -0.125. The lowest BCUT2D eigenvalue weighted by atomic mass is 9.74. The van der Waals surface area contributed by atoms with Gasteiger partial charge in [0.15, 0.2) is 0 Å². The van der Waals surface area contributed by atoms with Crippen molar-refractivity contribution in [1.82, 2.24) is 5.32 Å². The third-order valence-corrected chi connectivity index (χ3v) is 4.78. The molecule has 0 aromatic heterocycles. The average molecular weight is 257 g/mol. The van der Waals surface area contributed by atoms with Crippen molar-refractivity contribution in [2.75, 3.05) is 6.54 Å². The van der Waals surface area contributed by atoms with Gasteiger partial charge in [0.2, 0.25) is 0 Å². The first-order valence-corrected chi connectivity index (χ1v) is 7.58. The standard InChI is InChI=1S/C17H23NO/c1-12-5-4-7-13(9-12)17(19)16-11-18-10-14-6-2-3-8-15(14)16/h2-3,6,8,12-13,16,18H,4-5,7,9-11H2,1H3. The Morgan fingerprint density at radius 3 is 2.95 bits per heavy atom. The summed E-state index contributed by atoms with van der Waals surface area (Å²) < 4.78 is 0. The molecule has 1 heterocycles. The molecule has 1 aromatic carbocycles. The van der Waals surface area contributed by atoms with Crippen molar-refractivity contribution in [2.45, 2.75) is 45.1 Å². The van der Waals surface area contributed by atoms with E-state index in [9.17, 15) is 4.79 Å². The predicted molar refractivity (Wildman–Crippen MR) is 77.0 cm³/mol. The van der Waals surface area contributed by atoms with E-state index in [1.54, 1.807) is 0 Å². The minimum Gasteiger partial charge on any atom is -0.312 e. The molecule has 2 heteroatoms. The van der Waals surface area contributed by atoms with Crippen LogP contribution in [0.15, 0.2) is 24.3 Å². The van der Waals surface area contributed by atoms with Gasteiger partial charge in [0, 0.05) is 19.0 Å². The molecule has 1 aromatic rings. The van der Waals surface area contributed by atoms with Gasteiger partial charge in [-0.05, 0) is 29.9 Å². The third kappa shape index (κ3) is 2.59. The lowest BCUT2D eigenvalue weighted by Gasteiger charge is -2.32. The van der Waals surface area contributed by atoms with Crippen molar-refractivity contribution < 1.29 is 4.79 Å². The molecule has 0 amide bonds. The number of Topliss-reactive ketones (excluding diaryl/α,β-unsaturated/α-hetero) is 1. The van der Waals surface area contributed by atoms with Crippen LogP contribution < -0.4 is 5.32 Å². The summed E-state index contributed by atoms with van der Waals surface area (Å²) in [4.78, 5) is 12.8. The Balaban J connectivity index is 1.81. The average Bonchev–Trinajstić information content (AvgIpc) is 2.46. The maximum absolute atomic E-state index is 12.8. The number of carbonyl (C=O) groups excluding carboxylic acids is 1. The predicted octanol–water partition coefficient (Wildman–Crippen LogP) is 3.27. The SMILES string of the molecule is CC1CCCC(C(=O)C2CNCc3ccccc32)C1. The fourth-order valence-corrected chi connectivity index (χ4v) is 3.73. The van der Waals surface area contributed by atoms with Crippen LogP contribution in [0.4, 0.5) is 0 Å². The highest BCUT2D eigenvalue weighted by atomic mass is 16.1. The molecule has 3 atom stereocenters. The Morgan fingerprint density at radius 1 is 1.26 bits per heavy atom. The number of carbonyl (C=O) groups is 1. The van der Waals surface area contributed by atoms with Crippen molar-refractivity contribution >= 4 is 5.78 Å². The van der Waals surface area contributed by atoms with E-state index in [0.29, 0.717) is 11.7 Å². The number of nitrogens with one attached hydrogen (secondary N) is 1. The minimum atomic E-state index is 0.0836. The van der Waals surface area contributed by atoms with E-state index in [4.69, 9.17) is 0 Å². The molecule has 1 aliphatic heterocycles. The number of ketones is 1. The van der Waals surface area contributed by atoms with E-state index in [1.165, 1.54) is 24.0 Å². The molecule has 3 rings (SSSR count). The monoisotopic (exact) mass is 257 g/mol. The van der Waals surface area contributed by atoms with Gasteiger partial charge < -0.3 is 5.32 Å². The second kappa shape index (κ2) is 5.46. The van der Waals surface area contributed by atoms with Gasteiger partial charge in [-0.15, -0.1) is 0 Å². The summed E-state index contributed by atoms with van der Waals surface area (Å²) in [5.74, 6) is 1.57. The van der Waals surface area contributed by atoms with Gasteiger partial charge >= 0.3 is 0 Å². The third-order valence-electron chi connectivity index (χ3n) is 4.78. The molecule has 0 saturated heterocycles. The maximum Gasteiger partial charge on any atom is 0.144 e. The molecule has 0 bridgehead atoms. The number of benzene rings is 1. The summed E-state index contributed by atoms with van der Waals surface area (Å²) in [5, 5.41) is 3.40. The first kappa shape index (κ1) is 12.9. The van der Waals surface area contributed by atoms with Gasteiger partial charge in [-0.3, -0.25) is 4.79 Å². The van der Waals surface area contributed by atoms with E-state index < -0.39 is 0 Å². The van der Waals surface area contributed by atoms with Gasteiger partial charge in [0.05, 0.1) is 5.92 Å². The smallest absolute Gasteiger partial charge is 0.144 e. The zero-order chi connectivity index (χ0) is 13.2. The van der Waals surface area contributed by atoms with Crippen LogP contribution in [0.2, 0.25) is 0 Å². The second-order valence-electron chi connectivity index (χ2n) is 6.25. The van der Waals surface area contributed by atoms with Crippen LogP contribution in [-0.4, -0.2) is 12.3 Å². The molecule has 0 radical (unpaired) electrons. The van der Waals surface area contributed by atoms with Gasteiger partial charge in [-0.25, -0.2) is 0 Å². The Labute approximate surface area is 115 Å². The van der Waals surface area contributed by atoms with Crippen molar-refractivity contribution in [3.63, 3.8) is 0 Å². The molecule has 0 spiro atoms. The summed E-state index contributed by atoms with van der Waals surface area (Å²) in [6.07, 6.45) is 4.71. The van der Waals surface area contributed by atoms with Crippen LogP contribution in [0.5, 0.6) is 0 Å². The fraction of sp³-hybridized carbons (Fsp3) is 0.588. The molecule has 3 unspecified atom stereocenters. The lowest BCUT2D eigenvalue weighted by Crippen LogP contribution is -2.36. The highest BCUT2D eigenvalue weighted by Crippen LogP contribution is 2.34. The van der Waals surface area contributed by atoms with Crippen LogP contribution in [0.25, 0.3) is 0 Å². The molecule has 1 aliphatic carbocycles. The topological polar surface area (TPSA) is 29.1 Å². The van der Waals surface area contributed by atoms with Gasteiger partial charge in [0.25, 0.3) is 0 Å². The normalized spacial score (nSPS) is 30.7. The minimum absolute atomic E-state index is 0.0836. The molecule has 2 aliphatic rings. The summed E-state index contributed by atoms with van der Waals surface area (Å²) in [5.41, 5.74) is 2.57. The first-order valence-electron chi connectivity index (χ1n) is 7.58. The van der Waals surface area contributed by atoms with Crippen LogP contribution in [0.1, 0.15) is 49.7 Å². The highest BCUT2D eigenvalue weighted by molar-refractivity contribution is 5.88. The summed E-state index contributed by atoms with van der Waals surface area (Å²) >= 11 is 0. The van der Waals surface area contributed by atoms with Crippen LogP contribution >= 0.6 is 0 Å². The Morgan fingerprint density at radius 2 is 2.11 bits per heavy atom. The Kier molecular flexibility index (Phi) is 3.69.